The van der Waals surface area contributed by atoms with Gasteiger partial charge in [-0.1, -0.05) is 72.8 Å². The number of carbonyl (C=O) groups excluding carboxylic acids is 1. The second kappa shape index (κ2) is 8.00. The maximum absolute atomic E-state index is 13.1. The van der Waals surface area contributed by atoms with Gasteiger partial charge in [-0.3, -0.25) is 4.79 Å². The Morgan fingerprint density at radius 3 is 2.54 bits per heavy atom. The summed E-state index contributed by atoms with van der Waals surface area (Å²) in [6, 6.07) is 23.5. The van der Waals surface area contributed by atoms with E-state index in [4.69, 9.17) is 0 Å². The Morgan fingerprint density at radius 1 is 1.00 bits per heavy atom. The molecule has 4 rings (SSSR count). The van der Waals surface area contributed by atoms with Crippen LogP contribution in [0.3, 0.4) is 0 Å². The minimum absolute atomic E-state index is 0.114. The van der Waals surface area contributed by atoms with Gasteiger partial charge in [-0.2, -0.15) is 0 Å². The van der Waals surface area contributed by atoms with Gasteiger partial charge in [0, 0.05) is 6.42 Å². The molecule has 2 unspecified atom stereocenters. The lowest BCUT2D eigenvalue weighted by molar-refractivity contribution is -0.125. The molecule has 4 aromatic rings. The van der Waals surface area contributed by atoms with Crippen LogP contribution in [-0.4, -0.2) is 26.1 Å². The molecule has 0 saturated heterocycles. The highest BCUT2D eigenvalue weighted by atomic mass is 16.2. The zero-order valence-electron chi connectivity index (χ0n) is 15.6. The first-order chi connectivity index (χ1) is 13.7. The Morgan fingerprint density at radius 2 is 1.75 bits per heavy atom. The van der Waals surface area contributed by atoms with Crippen LogP contribution < -0.4 is 5.32 Å². The first-order valence-corrected chi connectivity index (χ1v) is 9.27. The molecular formula is C22H21N5O. The molecule has 1 aromatic heterocycles. The van der Waals surface area contributed by atoms with E-state index in [0.29, 0.717) is 6.42 Å². The van der Waals surface area contributed by atoms with Crippen LogP contribution in [0.4, 0.5) is 0 Å². The van der Waals surface area contributed by atoms with Gasteiger partial charge in [-0.15, -0.1) is 5.10 Å². The van der Waals surface area contributed by atoms with E-state index in [1.165, 1.54) is 11.0 Å². The quantitative estimate of drug-likeness (QED) is 0.563. The molecule has 0 aliphatic carbocycles. The monoisotopic (exact) mass is 371 g/mol. The van der Waals surface area contributed by atoms with Gasteiger partial charge in [0.15, 0.2) is 0 Å². The first-order valence-electron chi connectivity index (χ1n) is 9.27. The molecule has 0 aliphatic rings. The van der Waals surface area contributed by atoms with Crippen LogP contribution >= 0.6 is 0 Å². The average Bonchev–Trinajstić information content (AvgIpc) is 3.26. The van der Waals surface area contributed by atoms with E-state index in [9.17, 15) is 4.79 Å². The molecule has 3 aromatic carbocycles. The summed E-state index contributed by atoms with van der Waals surface area (Å²) in [5.74, 6) is -0.114. The summed E-state index contributed by atoms with van der Waals surface area (Å²) in [5, 5.41) is 16.8. The molecule has 2 atom stereocenters. The molecule has 0 spiro atoms. The fourth-order valence-corrected chi connectivity index (χ4v) is 3.47. The highest BCUT2D eigenvalue weighted by Crippen LogP contribution is 2.25. The minimum Gasteiger partial charge on any atom is -0.348 e. The molecule has 6 heteroatoms. The van der Waals surface area contributed by atoms with Crippen molar-refractivity contribution in [3.8, 4) is 0 Å². The van der Waals surface area contributed by atoms with Gasteiger partial charge in [-0.25, -0.2) is 4.68 Å². The SMILES string of the molecule is CC(NC(=O)C(Cc1ccccc1)n1cnnn1)c1cccc2ccccc12. The van der Waals surface area contributed by atoms with Gasteiger partial charge in [0.25, 0.3) is 0 Å². The predicted molar refractivity (Wildman–Crippen MR) is 108 cm³/mol. The molecule has 6 nitrogen and oxygen atoms in total. The van der Waals surface area contributed by atoms with Crippen LogP contribution in [0.15, 0.2) is 79.1 Å². The molecule has 1 amide bonds. The number of hydrogen-bond donors (Lipinski definition) is 1. The van der Waals surface area contributed by atoms with E-state index >= 15 is 0 Å². The lowest BCUT2D eigenvalue weighted by Gasteiger charge is -2.21. The predicted octanol–water partition coefficient (Wildman–Crippen LogP) is 3.49. The van der Waals surface area contributed by atoms with Crippen LogP contribution in [0.1, 0.15) is 30.1 Å². The Hall–Kier alpha value is -3.54. The average molecular weight is 371 g/mol. The molecule has 0 radical (unpaired) electrons. The first kappa shape index (κ1) is 17.9. The molecule has 0 aliphatic heterocycles. The Balaban J connectivity index is 1.58. The van der Waals surface area contributed by atoms with Gasteiger partial charge < -0.3 is 5.32 Å². The second-order valence-electron chi connectivity index (χ2n) is 6.79. The molecule has 28 heavy (non-hydrogen) atoms. The molecule has 1 N–H and O–H groups in total. The van der Waals surface area contributed by atoms with E-state index in [2.05, 4.69) is 45.1 Å². The van der Waals surface area contributed by atoms with Gasteiger partial charge in [0.2, 0.25) is 5.91 Å². The third-order valence-electron chi connectivity index (χ3n) is 4.91. The van der Waals surface area contributed by atoms with E-state index in [-0.39, 0.29) is 11.9 Å². The van der Waals surface area contributed by atoms with Gasteiger partial charge in [0.05, 0.1) is 6.04 Å². The number of nitrogens with zero attached hydrogens (tertiary/aromatic N) is 4. The van der Waals surface area contributed by atoms with Crippen LogP contribution in [0.2, 0.25) is 0 Å². The fourth-order valence-electron chi connectivity index (χ4n) is 3.47. The van der Waals surface area contributed by atoms with Crippen molar-refractivity contribution in [2.45, 2.75) is 25.4 Å². The highest BCUT2D eigenvalue weighted by molar-refractivity contribution is 5.87. The zero-order chi connectivity index (χ0) is 19.3. The second-order valence-corrected chi connectivity index (χ2v) is 6.79. The third kappa shape index (κ3) is 3.76. The minimum atomic E-state index is -0.519. The van der Waals surface area contributed by atoms with Gasteiger partial charge >= 0.3 is 0 Å². The highest BCUT2D eigenvalue weighted by Gasteiger charge is 2.24. The summed E-state index contributed by atoms with van der Waals surface area (Å²) in [6.45, 7) is 2.00. The van der Waals surface area contributed by atoms with Crippen molar-refractivity contribution >= 4 is 16.7 Å². The Kier molecular flexibility index (Phi) is 5.10. The van der Waals surface area contributed by atoms with Crippen LogP contribution in [0.5, 0.6) is 0 Å². The molecule has 140 valence electrons. The summed E-state index contributed by atoms with van der Waals surface area (Å²) in [5.41, 5.74) is 2.14. The number of fused-ring (bicyclic) bond motifs is 1. The van der Waals surface area contributed by atoms with Crippen molar-refractivity contribution < 1.29 is 4.79 Å². The van der Waals surface area contributed by atoms with Crippen molar-refractivity contribution in [1.82, 2.24) is 25.5 Å². The van der Waals surface area contributed by atoms with E-state index in [1.54, 1.807) is 0 Å². The van der Waals surface area contributed by atoms with E-state index in [1.807, 2.05) is 55.5 Å². The number of nitrogens with one attached hydrogen (secondary N) is 1. The topological polar surface area (TPSA) is 72.7 Å². The van der Waals surface area contributed by atoms with Crippen molar-refractivity contribution in [2.75, 3.05) is 0 Å². The number of benzene rings is 3. The van der Waals surface area contributed by atoms with Crippen molar-refractivity contribution in [3.63, 3.8) is 0 Å². The smallest absolute Gasteiger partial charge is 0.245 e. The maximum atomic E-state index is 13.1. The van der Waals surface area contributed by atoms with Crippen LogP contribution in [0, 0.1) is 0 Å². The largest absolute Gasteiger partial charge is 0.348 e. The summed E-state index contributed by atoms with van der Waals surface area (Å²) >= 11 is 0. The van der Waals surface area contributed by atoms with Gasteiger partial charge in [-0.05, 0) is 39.2 Å². The Bertz CT molecular complexity index is 1060. The number of carbonyl (C=O) groups is 1. The van der Waals surface area contributed by atoms with E-state index < -0.39 is 6.04 Å². The Labute approximate surface area is 163 Å². The van der Waals surface area contributed by atoms with Gasteiger partial charge in [0.1, 0.15) is 12.4 Å². The van der Waals surface area contributed by atoms with Crippen LogP contribution in [0.25, 0.3) is 10.8 Å². The van der Waals surface area contributed by atoms with Crippen LogP contribution in [-0.2, 0) is 11.2 Å². The third-order valence-corrected chi connectivity index (χ3v) is 4.91. The van der Waals surface area contributed by atoms with Crippen molar-refractivity contribution in [2.24, 2.45) is 0 Å². The molecule has 0 bridgehead atoms. The number of rotatable bonds is 6. The summed E-state index contributed by atoms with van der Waals surface area (Å²) in [6.07, 6.45) is 2.00. The molecule has 0 fully saturated rings. The number of hydrogen-bond acceptors (Lipinski definition) is 4. The van der Waals surface area contributed by atoms with Crippen molar-refractivity contribution in [3.05, 3.63) is 90.3 Å². The number of amides is 1. The molecule has 1 heterocycles. The number of tetrazole rings is 1. The van der Waals surface area contributed by atoms with Crippen molar-refractivity contribution in [1.29, 1.82) is 0 Å². The summed E-state index contributed by atoms with van der Waals surface area (Å²) < 4.78 is 1.51. The summed E-state index contributed by atoms with van der Waals surface area (Å²) in [4.78, 5) is 13.1. The molecule has 0 saturated carbocycles. The van der Waals surface area contributed by atoms with E-state index in [0.717, 1.165) is 21.9 Å². The number of aromatic nitrogens is 4. The lowest BCUT2D eigenvalue weighted by Crippen LogP contribution is -2.36. The molecular weight excluding hydrogens is 350 g/mol. The maximum Gasteiger partial charge on any atom is 0.245 e. The normalized spacial score (nSPS) is 13.2. The fraction of sp³-hybridized carbons (Fsp3) is 0.182. The standard InChI is InChI=1S/C22H21N5O/c1-16(19-13-7-11-18-10-5-6-12-20(18)19)24-22(28)21(27-15-23-25-26-27)14-17-8-3-2-4-9-17/h2-13,15-16,21H,14H2,1H3,(H,24,28). The summed E-state index contributed by atoms with van der Waals surface area (Å²) in [7, 11) is 0. The lowest BCUT2D eigenvalue weighted by atomic mass is 9.99. The zero-order valence-corrected chi connectivity index (χ0v) is 15.6.